The van der Waals surface area contributed by atoms with E-state index in [4.69, 9.17) is 46.5 Å². The first-order valence-electron chi connectivity index (χ1n) is 44.6. The maximum atomic E-state index is 13.1. The van der Waals surface area contributed by atoms with Crippen LogP contribution in [0.1, 0.15) is 420 Å². The molecule has 111 heavy (non-hydrogen) atoms. The third-order valence-electron chi connectivity index (χ3n) is 19.7. The fourth-order valence-electron chi connectivity index (χ4n) is 13.0. The van der Waals surface area contributed by atoms with E-state index >= 15 is 0 Å². The summed E-state index contributed by atoms with van der Waals surface area (Å²) in [6.45, 7) is 10.1. The van der Waals surface area contributed by atoms with Crippen LogP contribution in [-0.2, 0) is 84.4 Å². The Morgan fingerprint density at radius 2 is 0.486 bits per heavy atom. The summed E-state index contributed by atoms with van der Waals surface area (Å²) in [6.07, 6.45) is 55.1. The van der Waals surface area contributed by atoms with E-state index in [1.807, 2.05) is 0 Å². The minimum absolute atomic E-state index is 0. The predicted molar refractivity (Wildman–Crippen MR) is 433 cm³/mol. The smallest absolute Gasteiger partial charge is 0.756 e. The van der Waals surface area contributed by atoms with Gasteiger partial charge in [-0.05, 0) is 51.4 Å². The van der Waals surface area contributed by atoms with Crippen LogP contribution >= 0.6 is 15.6 Å². The van der Waals surface area contributed by atoms with Crippen molar-refractivity contribution in [1.82, 2.24) is 10.6 Å². The molecule has 0 aliphatic carbocycles. The number of hydrogen-bond donors (Lipinski definition) is 2. The van der Waals surface area contributed by atoms with Crippen LogP contribution in [0.15, 0.2) is 0 Å². The number of rotatable bonds is 86. The van der Waals surface area contributed by atoms with Gasteiger partial charge in [0.25, 0.3) is 15.6 Å². The molecule has 0 saturated carbocycles. The minimum atomic E-state index is -5.03. The van der Waals surface area contributed by atoms with Crippen molar-refractivity contribution in [3.8, 4) is 0 Å². The van der Waals surface area contributed by atoms with Gasteiger partial charge in [0.05, 0.1) is 52.9 Å². The molecule has 0 aliphatic rings. The van der Waals surface area contributed by atoms with Gasteiger partial charge in [0, 0.05) is 51.6 Å². The Morgan fingerprint density at radius 1 is 0.270 bits per heavy atom. The van der Waals surface area contributed by atoms with Gasteiger partial charge in [0.2, 0.25) is 11.8 Å². The fourth-order valence-corrected chi connectivity index (χ4v) is 14.4. The summed E-state index contributed by atoms with van der Waals surface area (Å²) >= 11 is 0. The average Bonchev–Trinajstić information content (AvgIpc) is 0.922. The molecule has 0 aromatic carbocycles. The molecule has 0 aromatic heterocycles. The number of carbonyl (C=O) groups is 6. The predicted octanol–water partition coefficient (Wildman–Crippen LogP) is 15.0. The van der Waals surface area contributed by atoms with E-state index in [2.05, 4.69) is 52.2 Å². The van der Waals surface area contributed by atoms with Crippen LogP contribution in [0.5, 0.6) is 0 Å². The second-order valence-corrected chi connectivity index (χ2v) is 33.2. The molecule has 2 unspecified atom stereocenters. The van der Waals surface area contributed by atoms with Crippen LogP contribution in [0.25, 0.3) is 0 Å². The van der Waals surface area contributed by atoms with Crippen molar-refractivity contribution in [3.05, 3.63) is 0 Å². The molecule has 0 bridgehead atoms. The summed E-state index contributed by atoms with van der Waals surface area (Å²) in [5.74, 6) is -3.06. The molecule has 0 rings (SSSR count). The van der Waals surface area contributed by atoms with E-state index < -0.39 is 84.5 Å². The van der Waals surface area contributed by atoms with Gasteiger partial charge >= 0.3 is 83.0 Å². The largest absolute Gasteiger partial charge is 1.00 e. The molecule has 644 valence electrons. The Balaban J connectivity index is -0.0000583. The average molecular weight is 1640 g/mol. The second kappa shape index (κ2) is 85.4. The normalized spacial score (nSPS) is 13.5. The van der Waals surface area contributed by atoms with Crippen LogP contribution in [0.2, 0.25) is 0 Å². The third-order valence-corrected chi connectivity index (χ3v) is 21.6. The van der Waals surface area contributed by atoms with Gasteiger partial charge in [-0.3, -0.25) is 37.9 Å². The maximum Gasteiger partial charge on any atom is 1.00 e. The maximum absolute atomic E-state index is 13.1. The molecule has 0 aliphatic heterocycles. The number of unbranched alkanes of at least 4 members (excludes halogenated alkanes) is 44. The third kappa shape index (κ3) is 82.4. The molecule has 0 spiro atoms. The van der Waals surface area contributed by atoms with Crippen LogP contribution < -0.4 is 79.5 Å². The fraction of sp³-hybridized carbons (Fsp3) is 0.929. The van der Waals surface area contributed by atoms with Crippen LogP contribution in [0.4, 0.5) is 0 Å². The van der Waals surface area contributed by atoms with Gasteiger partial charge in [-0.25, -0.2) is 0 Å². The van der Waals surface area contributed by atoms with E-state index in [0.717, 1.165) is 154 Å². The molecule has 0 saturated heterocycles. The minimum Gasteiger partial charge on any atom is -0.756 e. The van der Waals surface area contributed by atoms with Gasteiger partial charge in [-0.2, -0.15) is 0 Å². The molecule has 22 nitrogen and oxygen atoms in total. The van der Waals surface area contributed by atoms with Crippen molar-refractivity contribution in [3.63, 3.8) is 0 Å². The first-order valence-corrected chi connectivity index (χ1v) is 47.5. The monoisotopic (exact) mass is 1640 g/mol. The Hall–Kier alpha value is -1.04. The molecule has 6 atom stereocenters. The van der Waals surface area contributed by atoms with E-state index in [-0.39, 0.29) is 136 Å². The van der Waals surface area contributed by atoms with E-state index in [9.17, 15) is 47.7 Å². The number of ether oxygens (including phenoxy) is 6. The number of esters is 4. The number of hydrogen-bond acceptors (Lipinski definition) is 20. The second-order valence-electron chi connectivity index (χ2n) is 30.3. The zero-order valence-corrected chi connectivity index (χ0v) is 77.9. The first kappa shape index (κ1) is 114. The van der Waals surface area contributed by atoms with Crippen molar-refractivity contribution < 1.29 is 153 Å². The van der Waals surface area contributed by atoms with Crippen LogP contribution in [0, 0.1) is 0 Å². The van der Waals surface area contributed by atoms with Crippen molar-refractivity contribution >= 4 is 51.3 Å². The summed E-state index contributed by atoms with van der Waals surface area (Å²) in [4.78, 5) is 104. The molecular weight excluding hydrogens is 1480 g/mol. The Labute approximate surface area is 720 Å². The number of nitrogens with one attached hydrogen (secondary N) is 2. The summed E-state index contributed by atoms with van der Waals surface area (Å²) in [5.41, 5.74) is 0. The summed E-state index contributed by atoms with van der Waals surface area (Å²) in [6, 6.07) is 0. The van der Waals surface area contributed by atoms with Crippen molar-refractivity contribution in [2.24, 2.45) is 0 Å². The Bertz CT molecular complexity index is 2080. The zero-order chi connectivity index (χ0) is 80.0. The van der Waals surface area contributed by atoms with Crippen LogP contribution in [0.3, 0.4) is 0 Å². The molecule has 0 fully saturated rings. The van der Waals surface area contributed by atoms with Crippen molar-refractivity contribution in [2.45, 2.75) is 445 Å². The molecule has 0 radical (unpaired) electrons. The topological polar surface area (TPSA) is 299 Å². The van der Waals surface area contributed by atoms with Gasteiger partial charge < -0.3 is 66.9 Å². The number of phosphoric acid groups is 2. The van der Waals surface area contributed by atoms with Gasteiger partial charge in [0.1, 0.15) is 30.8 Å². The van der Waals surface area contributed by atoms with E-state index in [0.29, 0.717) is 51.4 Å². The number of carbonyl (C=O) groups excluding carboxylic acids is 6. The summed E-state index contributed by atoms with van der Waals surface area (Å²) in [5, 5.41) is 4.80. The zero-order valence-electron chi connectivity index (χ0n) is 72.2. The molecule has 2 amide bonds. The molecule has 0 heterocycles. The Kier molecular flexibility index (Phi) is 87.8. The van der Waals surface area contributed by atoms with E-state index in [1.54, 1.807) is 0 Å². The molecule has 2 N–H and O–H groups in total. The van der Waals surface area contributed by atoms with Crippen LogP contribution in [-0.4, -0.2) is 126 Å². The van der Waals surface area contributed by atoms with Gasteiger partial charge in [-0.15, -0.1) is 0 Å². The SMILES string of the molecule is CCCCCCCCCCCCCC(=O)O[C@@H](COCC[C@@H](CCCCCCC)OC(=O)CCCCCCCCCCC)COP(=O)([O-])OCCNC(=O)CC(=O)NCCOP(=O)([O-])OC[C@H](COCC[C@H](CCCCCCC)OC(=O)CCCCCCCCCCC)OC(=O)CCCCCCCCCCCCC.[Na+].[Na+]. The van der Waals surface area contributed by atoms with Crippen molar-refractivity contribution in [1.29, 1.82) is 0 Å². The summed E-state index contributed by atoms with van der Waals surface area (Å²) in [7, 11) is -10.1. The Morgan fingerprint density at radius 3 is 0.730 bits per heavy atom. The quantitative estimate of drug-likeness (QED) is 0.0143. The number of amides is 2. The number of phosphoric ester groups is 2. The first-order chi connectivity index (χ1) is 52.9. The standard InChI is InChI=1S/C85H164N2O20P2.2Na/c1-7-13-19-25-29-33-35-39-43-49-55-61-84(92)106-78(72-98-67-63-76(57-51-45-23-17-11-5)104-82(90)59-53-47-41-37-31-27-21-15-9-3)74-102-108(94,95)100-69-65-86-80(88)71-81(89)87-66-70-101-109(96,97)103-75-79(107-85(93)62-56-50-44-40-36-34-30-26-20-14-8-2)73-99-68-64-77(58-52-46-24-18-12-6)105-83(91)60-54-48-42-38-32-28-22-16-10-4;;/h76-79H,7-75H2,1-6H3,(H,86,88)(H,87,89)(H,94,95)(H,96,97);;/q;2*+1/p-2/t76-,77+,78-,79-;;/m0../s1. The van der Waals surface area contributed by atoms with Crippen molar-refractivity contribution in [2.75, 3.05) is 65.9 Å². The van der Waals surface area contributed by atoms with Gasteiger partial charge in [0.15, 0.2) is 0 Å². The van der Waals surface area contributed by atoms with E-state index in [1.165, 1.54) is 154 Å². The molecule has 26 heteroatoms. The molecular formula is C85H162N2Na2O20P2. The van der Waals surface area contributed by atoms with Gasteiger partial charge in [-0.1, -0.05) is 324 Å². The summed E-state index contributed by atoms with van der Waals surface area (Å²) < 4.78 is 81.7. The molecule has 0 aromatic rings.